The minimum absolute atomic E-state index is 0.153. The second-order valence-electron chi connectivity index (χ2n) is 6.50. The lowest BCUT2D eigenvalue weighted by Gasteiger charge is -2.17. The number of benzene rings is 2. The first kappa shape index (κ1) is 18.4. The average molecular weight is 366 g/mol. The molecule has 2 aromatic carbocycles. The summed E-state index contributed by atoms with van der Waals surface area (Å²) in [6, 6.07) is 17.6. The summed E-state index contributed by atoms with van der Waals surface area (Å²) in [6.45, 7) is 1.87. The van der Waals surface area contributed by atoms with Crippen LogP contribution in [0.1, 0.15) is 37.3 Å². The molecule has 1 aliphatic carbocycles. The lowest BCUT2D eigenvalue weighted by Crippen LogP contribution is -2.35. The van der Waals surface area contributed by atoms with Crippen molar-refractivity contribution >= 4 is 15.6 Å². The Kier molecular flexibility index (Phi) is 5.55. The van der Waals surface area contributed by atoms with Crippen LogP contribution in [-0.2, 0) is 10.0 Å². The third-order valence-corrected chi connectivity index (χ3v) is 6.12. The van der Waals surface area contributed by atoms with E-state index in [1.54, 1.807) is 6.07 Å². The third-order valence-electron chi connectivity index (χ3n) is 4.53. The lowest BCUT2D eigenvalue weighted by atomic mass is 9.97. The third kappa shape index (κ3) is 4.21. The van der Waals surface area contributed by atoms with Crippen LogP contribution < -0.4 is 4.72 Å². The van der Waals surface area contributed by atoms with E-state index in [0.29, 0.717) is 12.0 Å². The molecular formula is C21H22N2O2S. The predicted molar refractivity (Wildman–Crippen MR) is 105 cm³/mol. The quantitative estimate of drug-likeness (QED) is 0.837. The summed E-state index contributed by atoms with van der Waals surface area (Å²) < 4.78 is 27.0. The minimum Gasteiger partial charge on any atom is -0.212 e. The van der Waals surface area contributed by atoms with E-state index in [4.69, 9.17) is 5.26 Å². The fourth-order valence-corrected chi connectivity index (χ4v) is 4.65. The number of hydrogen-bond donors (Lipinski definition) is 1. The summed E-state index contributed by atoms with van der Waals surface area (Å²) in [7, 11) is -3.24. The smallest absolute Gasteiger partial charge is 0.212 e. The summed E-state index contributed by atoms with van der Waals surface area (Å²) in [5, 5.41) is 9.04. The molecule has 0 aliphatic heterocycles. The van der Waals surface area contributed by atoms with Crippen molar-refractivity contribution < 1.29 is 8.42 Å². The Bertz CT molecular complexity index is 954. The van der Waals surface area contributed by atoms with E-state index in [2.05, 4.69) is 16.9 Å². The second-order valence-corrected chi connectivity index (χ2v) is 8.37. The van der Waals surface area contributed by atoms with E-state index in [1.165, 1.54) is 0 Å². The largest absolute Gasteiger partial charge is 0.212 e. The Labute approximate surface area is 155 Å². The van der Waals surface area contributed by atoms with Gasteiger partial charge in [-0.2, -0.15) is 5.26 Å². The number of sulfonamides is 1. The number of rotatable bonds is 6. The molecule has 1 N–H and O–H groups in total. The molecule has 0 bridgehead atoms. The van der Waals surface area contributed by atoms with Crippen molar-refractivity contribution in [2.45, 2.75) is 32.2 Å². The Hall–Kier alpha value is -2.42. The molecule has 5 heteroatoms. The molecular weight excluding hydrogens is 344 g/mol. The van der Waals surface area contributed by atoms with Crippen LogP contribution in [-0.4, -0.2) is 20.2 Å². The molecule has 134 valence electrons. The fourth-order valence-electron chi connectivity index (χ4n) is 3.31. The van der Waals surface area contributed by atoms with Crippen LogP contribution in [0.5, 0.6) is 0 Å². The van der Waals surface area contributed by atoms with Gasteiger partial charge in [-0.3, -0.25) is 0 Å². The van der Waals surface area contributed by atoms with Gasteiger partial charge in [0, 0.05) is 6.04 Å². The molecule has 0 aromatic heterocycles. The van der Waals surface area contributed by atoms with Crippen molar-refractivity contribution in [2.24, 2.45) is 0 Å². The van der Waals surface area contributed by atoms with Gasteiger partial charge in [-0.15, -0.1) is 0 Å². The van der Waals surface area contributed by atoms with Gasteiger partial charge in [0.15, 0.2) is 0 Å². The summed E-state index contributed by atoms with van der Waals surface area (Å²) in [5.74, 6) is 0.158. The first-order valence-electron chi connectivity index (χ1n) is 8.83. The van der Waals surface area contributed by atoms with Gasteiger partial charge >= 0.3 is 0 Å². The van der Waals surface area contributed by atoms with Crippen molar-refractivity contribution in [3.05, 3.63) is 65.7 Å². The molecule has 0 fully saturated rings. The highest BCUT2D eigenvalue weighted by molar-refractivity contribution is 7.89. The standard InChI is InChI=1S/C21H22N2O2S/c1-2-13-26(24,25)23-21-8-4-7-20(21)18-11-9-17(10-12-18)19-6-3-5-16(14-19)15-22/h3,5-7,9-12,14,21,23H,2,4,8,13H2,1H3. The molecule has 3 rings (SSSR count). The van der Waals surface area contributed by atoms with Crippen LogP contribution in [0.2, 0.25) is 0 Å². The van der Waals surface area contributed by atoms with Gasteiger partial charge in [0.25, 0.3) is 0 Å². The molecule has 1 aliphatic rings. The second kappa shape index (κ2) is 7.86. The van der Waals surface area contributed by atoms with E-state index >= 15 is 0 Å². The molecule has 0 heterocycles. The first-order chi connectivity index (χ1) is 12.5. The maximum absolute atomic E-state index is 12.1. The zero-order valence-corrected chi connectivity index (χ0v) is 15.6. The zero-order chi connectivity index (χ0) is 18.6. The first-order valence-corrected chi connectivity index (χ1v) is 10.5. The maximum atomic E-state index is 12.1. The van der Waals surface area contributed by atoms with Crippen molar-refractivity contribution in [1.82, 2.24) is 4.72 Å². The number of nitrogens with one attached hydrogen (secondary N) is 1. The maximum Gasteiger partial charge on any atom is 0.212 e. The van der Waals surface area contributed by atoms with Crippen molar-refractivity contribution in [3.8, 4) is 17.2 Å². The van der Waals surface area contributed by atoms with E-state index in [9.17, 15) is 8.42 Å². The van der Waals surface area contributed by atoms with E-state index < -0.39 is 10.0 Å². The molecule has 0 amide bonds. The molecule has 0 spiro atoms. The monoisotopic (exact) mass is 366 g/mol. The Balaban J connectivity index is 1.80. The highest BCUT2D eigenvalue weighted by Gasteiger charge is 2.24. The van der Waals surface area contributed by atoms with Crippen LogP contribution in [0.4, 0.5) is 0 Å². The predicted octanol–water partition coefficient (Wildman–Crippen LogP) is 4.10. The molecule has 1 atom stereocenters. The molecule has 0 saturated heterocycles. The minimum atomic E-state index is -3.24. The lowest BCUT2D eigenvalue weighted by molar-refractivity contribution is 0.569. The van der Waals surface area contributed by atoms with Gasteiger partial charge in [0.2, 0.25) is 10.0 Å². The van der Waals surface area contributed by atoms with Gasteiger partial charge in [-0.1, -0.05) is 49.4 Å². The number of hydrogen-bond acceptors (Lipinski definition) is 3. The normalized spacial score (nSPS) is 16.9. The van der Waals surface area contributed by atoms with Gasteiger partial charge in [0.05, 0.1) is 17.4 Å². The van der Waals surface area contributed by atoms with Crippen LogP contribution in [0, 0.1) is 11.3 Å². The molecule has 0 saturated carbocycles. The molecule has 2 aromatic rings. The van der Waals surface area contributed by atoms with Gasteiger partial charge in [0.1, 0.15) is 0 Å². The summed E-state index contributed by atoms with van der Waals surface area (Å²) in [5.41, 5.74) is 4.74. The topological polar surface area (TPSA) is 70.0 Å². The molecule has 1 unspecified atom stereocenters. The number of nitrogens with zero attached hydrogens (tertiary/aromatic N) is 1. The van der Waals surface area contributed by atoms with Gasteiger partial charge in [-0.05, 0) is 53.7 Å². The van der Waals surface area contributed by atoms with Crippen molar-refractivity contribution in [2.75, 3.05) is 5.75 Å². The molecule has 0 radical (unpaired) electrons. The van der Waals surface area contributed by atoms with Crippen LogP contribution in [0.15, 0.2) is 54.6 Å². The van der Waals surface area contributed by atoms with E-state index in [0.717, 1.165) is 35.1 Å². The van der Waals surface area contributed by atoms with E-state index in [-0.39, 0.29) is 11.8 Å². The Morgan fingerprint density at radius 1 is 1.12 bits per heavy atom. The fraction of sp³-hybridized carbons (Fsp3) is 0.286. The molecule has 4 nitrogen and oxygen atoms in total. The summed E-state index contributed by atoms with van der Waals surface area (Å²) in [4.78, 5) is 0. The Morgan fingerprint density at radius 2 is 1.85 bits per heavy atom. The van der Waals surface area contributed by atoms with Crippen LogP contribution >= 0.6 is 0 Å². The Morgan fingerprint density at radius 3 is 2.54 bits per heavy atom. The number of allylic oxidation sites excluding steroid dienone is 1. The highest BCUT2D eigenvalue weighted by atomic mass is 32.2. The van der Waals surface area contributed by atoms with Gasteiger partial charge < -0.3 is 0 Å². The number of nitriles is 1. The van der Waals surface area contributed by atoms with Gasteiger partial charge in [-0.25, -0.2) is 13.1 Å². The molecule has 26 heavy (non-hydrogen) atoms. The summed E-state index contributed by atoms with van der Waals surface area (Å²) >= 11 is 0. The van der Waals surface area contributed by atoms with Crippen LogP contribution in [0.3, 0.4) is 0 Å². The van der Waals surface area contributed by atoms with E-state index in [1.807, 2.05) is 49.4 Å². The highest BCUT2D eigenvalue weighted by Crippen LogP contribution is 2.30. The zero-order valence-electron chi connectivity index (χ0n) is 14.8. The summed E-state index contributed by atoms with van der Waals surface area (Å²) in [6.07, 6.45) is 4.40. The van der Waals surface area contributed by atoms with Crippen LogP contribution in [0.25, 0.3) is 16.7 Å². The van der Waals surface area contributed by atoms with Crippen molar-refractivity contribution in [1.29, 1.82) is 5.26 Å². The van der Waals surface area contributed by atoms with Crippen molar-refractivity contribution in [3.63, 3.8) is 0 Å². The SMILES string of the molecule is CCCS(=O)(=O)NC1CCC=C1c1ccc(-c2cccc(C#N)c2)cc1. The average Bonchev–Trinajstić information content (AvgIpc) is 3.09.